The summed E-state index contributed by atoms with van der Waals surface area (Å²) in [5.41, 5.74) is 2.64. The predicted molar refractivity (Wildman–Crippen MR) is 52.2 cm³/mol. The van der Waals surface area contributed by atoms with Crippen LogP contribution in [0.1, 0.15) is 34.6 Å². The summed E-state index contributed by atoms with van der Waals surface area (Å²) < 4.78 is 0. The first kappa shape index (κ1) is 10.4. The average Bonchev–Trinajstić information content (AvgIpc) is 1.79. The molecule has 0 heterocycles. The van der Waals surface area contributed by atoms with Crippen molar-refractivity contribution in [3.63, 3.8) is 0 Å². The smallest absolute Gasteiger partial charge is 0.0397 e. The highest BCUT2D eigenvalue weighted by atomic mass is 14.7. The van der Waals surface area contributed by atoms with Gasteiger partial charge >= 0.3 is 0 Å². The number of hydrogen-bond donors (Lipinski definition) is 0. The molecule has 0 amide bonds. The molecular weight excluding hydrogens is 134 g/mol. The van der Waals surface area contributed by atoms with Crippen molar-refractivity contribution < 1.29 is 0 Å². The number of aliphatic imine (C=N–C) groups is 1. The molecule has 0 saturated heterocycles. The third kappa shape index (κ3) is 3.97. The van der Waals surface area contributed by atoms with Gasteiger partial charge in [0.15, 0.2) is 0 Å². The maximum atomic E-state index is 4.24. The van der Waals surface area contributed by atoms with Gasteiger partial charge in [-0.2, -0.15) is 0 Å². The fourth-order valence-corrected chi connectivity index (χ4v) is 0.890. The SMILES string of the molecule is C/N=C(\C=C(C)C)C(C)(C)C. The van der Waals surface area contributed by atoms with E-state index in [0.29, 0.717) is 0 Å². The van der Waals surface area contributed by atoms with Crippen molar-refractivity contribution in [3.8, 4) is 0 Å². The van der Waals surface area contributed by atoms with Gasteiger partial charge < -0.3 is 0 Å². The first-order valence-corrected chi connectivity index (χ1v) is 4.00. The average molecular weight is 153 g/mol. The molecular formula is C10H19N. The zero-order valence-electron chi connectivity index (χ0n) is 8.52. The second kappa shape index (κ2) is 3.70. The fraction of sp³-hybridized carbons (Fsp3) is 0.700. The predicted octanol–water partition coefficient (Wildman–Crippen LogP) is 3.07. The summed E-state index contributed by atoms with van der Waals surface area (Å²) in [4.78, 5) is 4.24. The molecule has 0 bridgehead atoms. The Balaban J connectivity index is 4.60. The van der Waals surface area contributed by atoms with Crippen molar-refractivity contribution >= 4 is 5.71 Å². The molecule has 0 radical (unpaired) electrons. The first-order chi connectivity index (χ1) is 4.88. The molecule has 0 aliphatic heterocycles. The molecule has 1 nitrogen and oxygen atoms in total. The van der Waals surface area contributed by atoms with E-state index in [1.165, 1.54) is 5.57 Å². The minimum atomic E-state index is 0.173. The molecule has 0 aromatic heterocycles. The lowest BCUT2D eigenvalue weighted by Crippen LogP contribution is -2.18. The molecule has 0 aliphatic carbocycles. The van der Waals surface area contributed by atoms with Gasteiger partial charge in [0.2, 0.25) is 0 Å². The minimum Gasteiger partial charge on any atom is -0.293 e. The Kier molecular flexibility index (Phi) is 3.50. The van der Waals surface area contributed by atoms with E-state index < -0.39 is 0 Å². The van der Waals surface area contributed by atoms with E-state index in [9.17, 15) is 0 Å². The second-order valence-electron chi connectivity index (χ2n) is 4.08. The summed E-state index contributed by atoms with van der Waals surface area (Å²) in [5.74, 6) is 0. The molecule has 0 aliphatic rings. The summed E-state index contributed by atoms with van der Waals surface area (Å²) in [6, 6.07) is 0. The van der Waals surface area contributed by atoms with Crippen molar-refractivity contribution in [2.75, 3.05) is 7.05 Å². The molecule has 0 saturated carbocycles. The maximum absolute atomic E-state index is 4.24. The standard InChI is InChI=1S/C10H19N/c1-8(2)7-9(11-6)10(3,4)5/h7H,1-6H3/b11-9+. The maximum Gasteiger partial charge on any atom is 0.0397 e. The van der Waals surface area contributed by atoms with Crippen molar-refractivity contribution in [2.45, 2.75) is 34.6 Å². The number of nitrogens with zero attached hydrogens (tertiary/aromatic N) is 1. The van der Waals surface area contributed by atoms with Crippen LogP contribution in [0.4, 0.5) is 0 Å². The van der Waals surface area contributed by atoms with Gasteiger partial charge in [0, 0.05) is 18.2 Å². The van der Waals surface area contributed by atoms with Gasteiger partial charge in [0.1, 0.15) is 0 Å². The Bertz CT molecular complexity index is 176. The molecule has 0 atom stereocenters. The number of rotatable bonds is 1. The molecule has 0 aromatic rings. The van der Waals surface area contributed by atoms with E-state index in [1.54, 1.807) is 0 Å². The summed E-state index contributed by atoms with van der Waals surface area (Å²) in [6.07, 6.45) is 2.14. The summed E-state index contributed by atoms with van der Waals surface area (Å²) >= 11 is 0. The van der Waals surface area contributed by atoms with Gasteiger partial charge in [-0.25, -0.2) is 0 Å². The van der Waals surface area contributed by atoms with E-state index in [4.69, 9.17) is 0 Å². The van der Waals surface area contributed by atoms with Crippen LogP contribution < -0.4 is 0 Å². The van der Waals surface area contributed by atoms with Crippen LogP contribution in [-0.4, -0.2) is 12.8 Å². The van der Waals surface area contributed by atoms with Crippen LogP contribution in [-0.2, 0) is 0 Å². The molecule has 0 aromatic carbocycles. The van der Waals surface area contributed by atoms with Gasteiger partial charge in [0.05, 0.1) is 0 Å². The van der Waals surface area contributed by atoms with Crippen LogP contribution in [0, 0.1) is 5.41 Å². The zero-order valence-corrected chi connectivity index (χ0v) is 8.52. The molecule has 0 N–H and O–H groups in total. The Hall–Kier alpha value is -0.590. The molecule has 0 unspecified atom stereocenters. The summed E-state index contributed by atoms with van der Waals surface area (Å²) in [7, 11) is 1.85. The zero-order chi connectivity index (χ0) is 9.07. The molecule has 11 heavy (non-hydrogen) atoms. The lowest BCUT2D eigenvalue weighted by Gasteiger charge is -2.18. The fourth-order valence-electron chi connectivity index (χ4n) is 0.890. The lowest BCUT2D eigenvalue weighted by atomic mass is 9.89. The molecule has 0 spiro atoms. The highest BCUT2D eigenvalue weighted by Crippen LogP contribution is 2.17. The molecule has 0 rings (SSSR count). The van der Waals surface area contributed by atoms with Crippen molar-refractivity contribution in [1.82, 2.24) is 0 Å². The Morgan fingerprint density at radius 1 is 1.18 bits per heavy atom. The van der Waals surface area contributed by atoms with Crippen LogP contribution in [0.25, 0.3) is 0 Å². The van der Waals surface area contributed by atoms with Gasteiger partial charge in [-0.15, -0.1) is 0 Å². The highest BCUT2D eigenvalue weighted by Gasteiger charge is 2.15. The topological polar surface area (TPSA) is 12.4 Å². The van der Waals surface area contributed by atoms with Crippen LogP contribution >= 0.6 is 0 Å². The van der Waals surface area contributed by atoms with Crippen molar-refractivity contribution in [1.29, 1.82) is 0 Å². The van der Waals surface area contributed by atoms with Gasteiger partial charge in [-0.3, -0.25) is 4.99 Å². The van der Waals surface area contributed by atoms with E-state index in [2.05, 4.69) is 45.7 Å². The van der Waals surface area contributed by atoms with Gasteiger partial charge in [-0.05, 0) is 19.9 Å². The normalized spacial score (nSPS) is 13.1. The first-order valence-electron chi connectivity index (χ1n) is 4.00. The van der Waals surface area contributed by atoms with Crippen LogP contribution in [0.3, 0.4) is 0 Å². The van der Waals surface area contributed by atoms with E-state index in [0.717, 1.165) is 5.71 Å². The van der Waals surface area contributed by atoms with Crippen molar-refractivity contribution in [2.24, 2.45) is 10.4 Å². The lowest BCUT2D eigenvalue weighted by molar-refractivity contribution is 0.593. The van der Waals surface area contributed by atoms with Crippen LogP contribution in [0.5, 0.6) is 0 Å². The quantitative estimate of drug-likeness (QED) is 0.513. The Labute approximate surface area is 70.2 Å². The molecule has 0 fully saturated rings. The third-order valence-electron chi connectivity index (χ3n) is 1.43. The Morgan fingerprint density at radius 2 is 1.64 bits per heavy atom. The van der Waals surface area contributed by atoms with Crippen LogP contribution in [0.15, 0.2) is 16.6 Å². The largest absolute Gasteiger partial charge is 0.293 e. The van der Waals surface area contributed by atoms with Crippen molar-refractivity contribution in [3.05, 3.63) is 11.6 Å². The van der Waals surface area contributed by atoms with E-state index in [-0.39, 0.29) is 5.41 Å². The second-order valence-corrected chi connectivity index (χ2v) is 4.08. The monoisotopic (exact) mass is 153 g/mol. The summed E-state index contributed by atoms with van der Waals surface area (Å²) in [5, 5.41) is 0. The van der Waals surface area contributed by atoms with E-state index in [1.807, 2.05) is 7.05 Å². The number of allylic oxidation sites excluding steroid dienone is 2. The molecule has 64 valence electrons. The van der Waals surface area contributed by atoms with Gasteiger partial charge in [-0.1, -0.05) is 26.3 Å². The minimum absolute atomic E-state index is 0.173. The Morgan fingerprint density at radius 3 is 1.73 bits per heavy atom. The number of hydrogen-bond acceptors (Lipinski definition) is 1. The third-order valence-corrected chi connectivity index (χ3v) is 1.43. The van der Waals surface area contributed by atoms with Gasteiger partial charge in [0.25, 0.3) is 0 Å². The highest BCUT2D eigenvalue weighted by molar-refractivity contribution is 5.99. The molecule has 1 heteroatoms. The summed E-state index contributed by atoms with van der Waals surface area (Å²) in [6.45, 7) is 10.7. The van der Waals surface area contributed by atoms with Crippen LogP contribution in [0.2, 0.25) is 0 Å². The van der Waals surface area contributed by atoms with E-state index >= 15 is 0 Å².